The van der Waals surface area contributed by atoms with Gasteiger partial charge in [-0.25, -0.2) is 4.98 Å². The van der Waals surface area contributed by atoms with E-state index in [1.165, 1.54) is 0 Å². The second-order valence-electron chi connectivity index (χ2n) is 4.31. The predicted octanol–water partition coefficient (Wildman–Crippen LogP) is 0.470. The third-order valence-electron chi connectivity index (χ3n) is 2.91. The van der Waals surface area contributed by atoms with Crippen LogP contribution in [0.15, 0.2) is 30.9 Å². The van der Waals surface area contributed by atoms with Crippen molar-refractivity contribution in [2.45, 2.75) is 0 Å². The van der Waals surface area contributed by atoms with Crippen molar-refractivity contribution >= 4 is 11.8 Å². The number of rotatable bonds is 4. The molecule has 0 atom stereocenters. The summed E-state index contributed by atoms with van der Waals surface area (Å²) in [5.41, 5.74) is 0.504. The summed E-state index contributed by atoms with van der Waals surface area (Å²) in [6, 6.07) is 4.85. The lowest BCUT2D eigenvalue weighted by molar-refractivity contribution is 0.0299. The van der Waals surface area contributed by atoms with Gasteiger partial charge in [0.2, 0.25) is 0 Å². The van der Waals surface area contributed by atoms with Gasteiger partial charge in [0, 0.05) is 19.6 Å². The Kier molecular flexibility index (Phi) is 4.84. The molecule has 2 rings (SSSR count). The van der Waals surface area contributed by atoms with Gasteiger partial charge in [-0.3, -0.25) is 9.59 Å². The Bertz CT molecular complexity index is 510. The SMILES string of the molecule is C=CCNC(=O)c1cccc(C(=O)N2CCOCC2)n1. The molecule has 1 aliphatic heterocycles. The van der Waals surface area contributed by atoms with Crippen molar-refractivity contribution < 1.29 is 14.3 Å². The van der Waals surface area contributed by atoms with Crippen molar-refractivity contribution in [1.29, 1.82) is 0 Å². The van der Waals surface area contributed by atoms with Gasteiger partial charge in [0.1, 0.15) is 11.4 Å². The Morgan fingerprint density at radius 3 is 2.75 bits per heavy atom. The van der Waals surface area contributed by atoms with Crippen LogP contribution in [0.1, 0.15) is 21.0 Å². The highest BCUT2D eigenvalue weighted by Gasteiger charge is 2.20. The first-order chi connectivity index (χ1) is 9.72. The summed E-state index contributed by atoms with van der Waals surface area (Å²) >= 11 is 0. The van der Waals surface area contributed by atoms with Crippen molar-refractivity contribution in [2.24, 2.45) is 0 Å². The molecule has 6 nitrogen and oxygen atoms in total. The van der Waals surface area contributed by atoms with E-state index in [2.05, 4.69) is 16.9 Å². The van der Waals surface area contributed by atoms with Gasteiger partial charge in [0.15, 0.2) is 0 Å². The highest BCUT2D eigenvalue weighted by Crippen LogP contribution is 2.06. The number of hydrogen-bond donors (Lipinski definition) is 1. The topological polar surface area (TPSA) is 71.5 Å². The smallest absolute Gasteiger partial charge is 0.272 e. The van der Waals surface area contributed by atoms with E-state index in [0.717, 1.165) is 0 Å². The third-order valence-corrected chi connectivity index (χ3v) is 2.91. The Balaban J connectivity index is 2.10. The van der Waals surface area contributed by atoms with E-state index < -0.39 is 0 Å². The van der Waals surface area contributed by atoms with Gasteiger partial charge in [-0.1, -0.05) is 12.1 Å². The first-order valence-electron chi connectivity index (χ1n) is 6.45. The number of pyridine rings is 1. The Morgan fingerprint density at radius 2 is 2.05 bits per heavy atom. The first-order valence-corrected chi connectivity index (χ1v) is 6.45. The second-order valence-corrected chi connectivity index (χ2v) is 4.31. The maximum atomic E-state index is 12.2. The van der Waals surface area contributed by atoms with Gasteiger partial charge >= 0.3 is 0 Å². The van der Waals surface area contributed by atoms with E-state index in [1.54, 1.807) is 29.2 Å². The maximum Gasteiger partial charge on any atom is 0.272 e. The zero-order chi connectivity index (χ0) is 14.4. The summed E-state index contributed by atoms with van der Waals surface area (Å²) in [7, 11) is 0. The summed E-state index contributed by atoms with van der Waals surface area (Å²) in [6.07, 6.45) is 1.58. The number of carbonyl (C=O) groups is 2. The maximum absolute atomic E-state index is 12.2. The molecule has 20 heavy (non-hydrogen) atoms. The van der Waals surface area contributed by atoms with Crippen molar-refractivity contribution in [3.05, 3.63) is 42.2 Å². The zero-order valence-corrected chi connectivity index (χ0v) is 11.2. The zero-order valence-electron chi connectivity index (χ0n) is 11.2. The molecule has 0 aromatic carbocycles. The Morgan fingerprint density at radius 1 is 1.35 bits per heavy atom. The fraction of sp³-hybridized carbons (Fsp3) is 0.357. The molecule has 6 heteroatoms. The number of nitrogens with one attached hydrogen (secondary N) is 1. The van der Waals surface area contributed by atoms with E-state index in [4.69, 9.17) is 4.74 Å². The van der Waals surface area contributed by atoms with Crippen LogP contribution in [-0.4, -0.2) is 54.5 Å². The molecule has 106 valence electrons. The minimum Gasteiger partial charge on any atom is -0.378 e. The van der Waals surface area contributed by atoms with E-state index in [0.29, 0.717) is 32.8 Å². The molecule has 1 fully saturated rings. The normalized spacial score (nSPS) is 14.7. The molecule has 2 heterocycles. The van der Waals surface area contributed by atoms with Crippen LogP contribution in [0.2, 0.25) is 0 Å². The second kappa shape index (κ2) is 6.81. The van der Waals surface area contributed by atoms with E-state index in [-0.39, 0.29) is 23.2 Å². The minimum atomic E-state index is -0.318. The van der Waals surface area contributed by atoms with Crippen molar-refractivity contribution in [1.82, 2.24) is 15.2 Å². The molecule has 0 unspecified atom stereocenters. The van der Waals surface area contributed by atoms with Crippen molar-refractivity contribution in [3.8, 4) is 0 Å². The average molecular weight is 275 g/mol. The molecule has 1 aliphatic rings. The van der Waals surface area contributed by atoms with E-state index in [1.807, 2.05) is 0 Å². The lowest BCUT2D eigenvalue weighted by atomic mass is 10.2. The summed E-state index contributed by atoms with van der Waals surface area (Å²) in [5, 5.41) is 2.63. The molecule has 0 spiro atoms. The molecule has 1 N–H and O–H groups in total. The standard InChI is InChI=1S/C14H17N3O3/c1-2-6-15-13(18)11-4-3-5-12(16-11)14(19)17-7-9-20-10-8-17/h2-5H,1,6-10H2,(H,15,18). The molecule has 0 aliphatic carbocycles. The first kappa shape index (κ1) is 14.2. The molecular weight excluding hydrogens is 258 g/mol. The van der Waals surface area contributed by atoms with Gasteiger partial charge in [-0.05, 0) is 12.1 Å². The molecule has 0 radical (unpaired) electrons. The summed E-state index contributed by atoms with van der Waals surface area (Å²) < 4.78 is 5.20. The van der Waals surface area contributed by atoms with Gasteiger partial charge < -0.3 is 15.0 Å². The molecule has 0 bridgehead atoms. The highest BCUT2D eigenvalue weighted by atomic mass is 16.5. The predicted molar refractivity (Wildman–Crippen MR) is 73.5 cm³/mol. The Hall–Kier alpha value is -2.21. The number of carbonyl (C=O) groups excluding carboxylic acids is 2. The molecule has 1 saturated heterocycles. The Labute approximate surface area is 117 Å². The fourth-order valence-electron chi connectivity index (χ4n) is 1.86. The number of aromatic nitrogens is 1. The fourth-order valence-corrected chi connectivity index (χ4v) is 1.86. The molecular formula is C14H17N3O3. The van der Waals surface area contributed by atoms with Crippen LogP contribution in [0, 0.1) is 0 Å². The summed E-state index contributed by atoms with van der Waals surface area (Å²) in [4.78, 5) is 29.8. The van der Waals surface area contributed by atoms with Gasteiger partial charge in [-0.15, -0.1) is 6.58 Å². The molecule has 1 aromatic rings. The third kappa shape index (κ3) is 3.42. The van der Waals surface area contributed by atoms with Crippen LogP contribution < -0.4 is 5.32 Å². The van der Waals surface area contributed by atoms with E-state index >= 15 is 0 Å². The van der Waals surface area contributed by atoms with Crippen LogP contribution in [-0.2, 0) is 4.74 Å². The monoisotopic (exact) mass is 275 g/mol. The number of amides is 2. The molecule has 2 amide bonds. The van der Waals surface area contributed by atoms with Crippen LogP contribution in [0.4, 0.5) is 0 Å². The quantitative estimate of drug-likeness (QED) is 0.811. The van der Waals surface area contributed by atoms with Gasteiger partial charge in [-0.2, -0.15) is 0 Å². The van der Waals surface area contributed by atoms with Crippen molar-refractivity contribution in [3.63, 3.8) is 0 Å². The average Bonchev–Trinajstić information content (AvgIpc) is 2.52. The minimum absolute atomic E-state index is 0.174. The van der Waals surface area contributed by atoms with Crippen molar-refractivity contribution in [2.75, 3.05) is 32.8 Å². The number of nitrogens with zero attached hydrogens (tertiary/aromatic N) is 2. The van der Waals surface area contributed by atoms with Crippen LogP contribution in [0.5, 0.6) is 0 Å². The largest absolute Gasteiger partial charge is 0.378 e. The van der Waals surface area contributed by atoms with Gasteiger partial charge in [0.05, 0.1) is 13.2 Å². The molecule has 0 saturated carbocycles. The number of ether oxygens (including phenoxy) is 1. The van der Waals surface area contributed by atoms with Crippen LogP contribution in [0.3, 0.4) is 0 Å². The lowest BCUT2D eigenvalue weighted by Crippen LogP contribution is -2.41. The number of hydrogen-bond acceptors (Lipinski definition) is 4. The molecule has 1 aromatic heterocycles. The van der Waals surface area contributed by atoms with Crippen LogP contribution in [0.25, 0.3) is 0 Å². The lowest BCUT2D eigenvalue weighted by Gasteiger charge is -2.26. The van der Waals surface area contributed by atoms with Crippen LogP contribution >= 0.6 is 0 Å². The summed E-state index contributed by atoms with van der Waals surface area (Å²) in [5.74, 6) is -0.492. The van der Waals surface area contributed by atoms with E-state index in [9.17, 15) is 9.59 Å². The highest BCUT2D eigenvalue weighted by molar-refractivity contribution is 5.96. The van der Waals surface area contributed by atoms with Gasteiger partial charge in [0.25, 0.3) is 11.8 Å². The number of morpholine rings is 1. The summed E-state index contributed by atoms with van der Waals surface area (Å²) in [6.45, 7) is 6.05.